The first-order valence-corrected chi connectivity index (χ1v) is 9.84. The molecule has 0 radical (unpaired) electrons. The van der Waals surface area contributed by atoms with Gasteiger partial charge in [-0.1, -0.05) is 53.2 Å². The monoisotopic (exact) mass is 376 g/mol. The van der Waals surface area contributed by atoms with Gasteiger partial charge < -0.3 is 4.84 Å². The van der Waals surface area contributed by atoms with E-state index in [0.717, 1.165) is 11.3 Å². The Morgan fingerprint density at radius 3 is 2.64 bits per heavy atom. The fourth-order valence-electron chi connectivity index (χ4n) is 3.38. The van der Waals surface area contributed by atoms with E-state index >= 15 is 0 Å². The molecule has 0 spiro atoms. The number of hydrogen-bond donors (Lipinski definition) is 0. The molecule has 7 heteroatoms. The summed E-state index contributed by atoms with van der Waals surface area (Å²) in [7, 11) is -3.63. The van der Waals surface area contributed by atoms with E-state index in [4.69, 9.17) is 16.4 Å². The average Bonchev–Trinajstić information content (AvgIpc) is 3.19. The predicted octanol–water partition coefficient (Wildman–Crippen LogP) is 3.07. The molecule has 2 aliphatic heterocycles. The van der Waals surface area contributed by atoms with E-state index in [9.17, 15) is 8.42 Å². The Kier molecular flexibility index (Phi) is 4.06. The van der Waals surface area contributed by atoms with Crippen LogP contribution in [0.2, 0.25) is 5.02 Å². The molecule has 2 aliphatic rings. The largest absolute Gasteiger partial charge is 0.390 e. The fraction of sp³-hybridized carbons (Fsp3) is 0.278. The smallest absolute Gasteiger partial charge is 0.243 e. The maximum Gasteiger partial charge on any atom is 0.243 e. The molecule has 130 valence electrons. The maximum atomic E-state index is 13.1. The van der Waals surface area contributed by atoms with E-state index in [2.05, 4.69) is 5.16 Å². The quantitative estimate of drug-likeness (QED) is 0.827. The van der Waals surface area contributed by atoms with Crippen LogP contribution in [0.1, 0.15) is 11.1 Å². The van der Waals surface area contributed by atoms with Gasteiger partial charge >= 0.3 is 0 Å². The lowest BCUT2D eigenvalue weighted by molar-refractivity contribution is 0.0803. The molecule has 2 aromatic carbocycles. The summed E-state index contributed by atoms with van der Waals surface area (Å²) >= 11 is 6.10. The number of sulfonamides is 1. The summed E-state index contributed by atoms with van der Waals surface area (Å²) in [6.07, 6.45) is -0.246. The van der Waals surface area contributed by atoms with Crippen molar-refractivity contribution in [3.63, 3.8) is 0 Å². The Balaban J connectivity index is 1.63. The van der Waals surface area contributed by atoms with E-state index in [1.165, 1.54) is 4.31 Å². The van der Waals surface area contributed by atoms with Crippen molar-refractivity contribution in [3.05, 3.63) is 64.7 Å². The van der Waals surface area contributed by atoms with E-state index in [1.54, 1.807) is 25.1 Å². The van der Waals surface area contributed by atoms with Crippen molar-refractivity contribution in [2.45, 2.75) is 17.9 Å². The molecule has 0 saturated carbocycles. The number of fused-ring (bicyclic) bond motifs is 1. The summed E-state index contributed by atoms with van der Waals surface area (Å²) in [5, 5.41) is 4.63. The number of rotatable bonds is 3. The van der Waals surface area contributed by atoms with Crippen LogP contribution < -0.4 is 0 Å². The number of nitrogens with zero attached hydrogens (tertiary/aromatic N) is 2. The molecule has 4 rings (SSSR count). The van der Waals surface area contributed by atoms with Gasteiger partial charge in [0.1, 0.15) is 0 Å². The number of benzene rings is 2. The fourth-order valence-corrected chi connectivity index (χ4v) is 5.34. The highest BCUT2D eigenvalue weighted by Crippen LogP contribution is 2.34. The van der Waals surface area contributed by atoms with Gasteiger partial charge in [-0.3, -0.25) is 0 Å². The van der Waals surface area contributed by atoms with Crippen molar-refractivity contribution in [2.75, 3.05) is 13.1 Å². The molecule has 25 heavy (non-hydrogen) atoms. The van der Waals surface area contributed by atoms with Crippen molar-refractivity contribution in [3.8, 4) is 0 Å². The van der Waals surface area contributed by atoms with Crippen LogP contribution in [0.4, 0.5) is 0 Å². The van der Waals surface area contributed by atoms with Gasteiger partial charge in [-0.25, -0.2) is 8.42 Å². The van der Waals surface area contributed by atoms with Crippen LogP contribution in [0.5, 0.6) is 0 Å². The Morgan fingerprint density at radius 2 is 1.88 bits per heavy atom. The van der Waals surface area contributed by atoms with Crippen LogP contribution in [0.3, 0.4) is 0 Å². The predicted molar refractivity (Wildman–Crippen MR) is 96.3 cm³/mol. The number of oxime groups is 1. The van der Waals surface area contributed by atoms with Crippen molar-refractivity contribution in [1.82, 2.24) is 4.31 Å². The zero-order chi connectivity index (χ0) is 17.6. The van der Waals surface area contributed by atoms with E-state index in [1.807, 2.05) is 30.3 Å². The van der Waals surface area contributed by atoms with Gasteiger partial charge in [-0.15, -0.1) is 0 Å². The highest BCUT2D eigenvalue weighted by atomic mass is 35.5. The van der Waals surface area contributed by atoms with E-state index in [-0.39, 0.29) is 16.9 Å². The standard InChI is InChI=1S/C18H17ClN2O3S/c1-12-15(19)8-5-9-17(12)25(22,23)21-10-14-16(11-21)24-20-18(14)13-6-3-2-4-7-13/h2-9,14,16H,10-11H2,1H3. The third kappa shape index (κ3) is 2.74. The van der Waals surface area contributed by atoms with Gasteiger partial charge in [-0.05, 0) is 30.2 Å². The molecule has 0 bridgehead atoms. The molecule has 1 saturated heterocycles. The Labute approximate surface area is 151 Å². The van der Waals surface area contributed by atoms with Gasteiger partial charge in [-0.2, -0.15) is 4.31 Å². The van der Waals surface area contributed by atoms with E-state index in [0.29, 0.717) is 23.7 Å². The van der Waals surface area contributed by atoms with Gasteiger partial charge in [0.25, 0.3) is 0 Å². The van der Waals surface area contributed by atoms with Gasteiger partial charge in [0.2, 0.25) is 10.0 Å². The number of halogens is 1. The Hall–Kier alpha value is -1.89. The zero-order valence-corrected chi connectivity index (χ0v) is 15.2. The van der Waals surface area contributed by atoms with Crippen molar-refractivity contribution >= 4 is 27.3 Å². The molecule has 2 unspecified atom stereocenters. The molecule has 0 amide bonds. The summed E-state index contributed by atoms with van der Waals surface area (Å²) in [6.45, 7) is 2.37. The first-order chi connectivity index (χ1) is 12.0. The summed E-state index contributed by atoms with van der Waals surface area (Å²) in [6, 6.07) is 14.7. The zero-order valence-electron chi connectivity index (χ0n) is 13.6. The third-order valence-corrected chi connectivity index (χ3v) is 7.16. The first kappa shape index (κ1) is 16.6. The maximum absolute atomic E-state index is 13.1. The molecule has 5 nitrogen and oxygen atoms in total. The normalized spacial score (nSPS) is 23.2. The summed E-state index contributed by atoms with van der Waals surface area (Å²) < 4.78 is 27.6. The minimum atomic E-state index is -3.63. The lowest BCUT2D eigenvalue weighted by Gasteiger charge is -2.18. The van der Waals surface area contributed by atoms with Crippen LogP contribution in [0, 0.1) is 12.8 Å². The number of hydrogen-bond acceptors (Lipinski definition) is 4. The molecule has 2 atom stereocenters. The van der Waals surface area contributed by atoms with Crippen LogP contribution in [-0.4, -0.2) is 37.6 Å². The van der Waals surface area contributed by atoms with Crippen molar-refractivity contribution in [1.29, 1.82) is 0 Å². The molecule has 0 aromatic heterocycles. The summed E-state index contributed by atoms with van der Waals surface area (Å²) in [4.78, 5) is 5.76. The highest BCUT2D eigenvalue weighted by Gasteiger charge is 2.47. The van der Waals surface area contributed by atoms with Gasteiger partial charge in [0.15, 0.2) is 6.10 Å². The lowest BCUT2D eigenvalue weighted by Crippen LogP contribution is -2.31. The van der Waals surface area contributed by atoms with E-state index < -0.39 is 10.0 Å². The van der Waals surface area contributed by atoms with Crippen molar-refractivity contribution < 1.29 is 13.3 Å². The highest BCUT2D eigenvalue weighted by molar-refractivity contribution is 7.89. The topological polar surface area (TPSA) is 59.0 Å². The second-order valence-corrected chi connectivity index (χ2v) is 8.59. The van der Waals surface area contributed by atoms with Gasteiger partial charge in [0, 0.05) is 11.6 Å². The van der Waals surface area contributed by atoms with Gasteiger partial charge in [0.05, 0.1) is 23.1 Å². The minimum Gasteiger partial charge on any atom is -0.390 e. The molecule has 2 heterocycles. The molecule has 2 aromatic rings. The SMILES string of the molecule is Cc1c(Cl)cccc1S(=O)(=O)N1CC2ON=C(c3ccccc3)C2C1. The minimum absolute atomic E-state index is 0.0586. The van der Waals surface area contributed by atoms with Crippen LogP contribution in [0.25, 0.3) is 0 Å². The Bertz CT molecular complexity index is 944. The lowest BCUT2D eigenvalue weighted by atomic mass is 9.95. The molecule has 0 N–H and O–H groups in total. The first-order valence-electron chi connectivity index (χ1n) is 8.03. The molecular formula is C18H17ClN2O3S. The third-order valence-electron chi connectivity index (χ3n) is 4.78. The van der Waals surface area contributed by atoms with Crippen LogP contribution in [-0.2, 0) is 14.9 Å². The molecular weight excluding hydrogens is 360 g/mol. The molecule has 0 aliphatic carbocycles. The van der Waals surface area contributed by atoms with Crippen LogP contribution >= 0.6 is 11.6 Å². The van der Waals surface area contributed by atoms with Crippen LogP contribution in [0.15, 0.2) is 58.6 Å². The average molecular weight is 377 g/mol. The molecule has 1 fully saturated rings. The second kappa shape index (κ2) is 6.12. The van der Waals surface area contributed by atoms with Crippen molar-refractivity contribution in [2.24, 2.45) is 11.1 Å². The summed E-state index contributed by atoms with van der Waals surface area (Å²) in [5.41, 5.74) is 2.35. The second-order valence-electron chi connectivity index (χ2n) is 6.28. The Morgan fingerprint density at radius 1 is 1.12 bits per heavy atom. The summed E-state index contributed by atoms with van der Waals surface area (Å²) in [5.74, 6) is -0.0586.